The molecule has 0 radical (unpaired) electrons. The molecule has 4 aromatic rings. The molecule has 2 aromatic heterocycles. The number of ether oxygens (including phenoxy) is 1. The van der Waals surface area contributed by atoms with Gasteiger partial charge in [0.25, 0.3) is 0 Å². The van der Waals surface area contributed by atoms with Gasteiger partial charge in [0.15, 0.2) is 5.82 Å². The number of amides is 1. The highest BCUT2D eigenvalue weighted by Gasteiger charge is 2.49. The number of aromatic nitrogens is 3. The minimum Gasteiger partial charge on any atom is -0.508 e. The number of aryl methyl sites for hydroxylation is 1. The molecular weight excluding hydrogens is 585 g/mol. The van der Waals surface area contributed by atoms with Crippen LogP contribution in [0.2, 0.25) is 0 Å². The van der Waals surface area contributed by atoms with Gasteiger partial charge in [-0.1, -0.05) is 13.0 Å². The molecule has 7 rings (SSSR count). The average Bonchev–Trinajstić information content (AvgIpc) is 3.55. The van der Waals surface area contributed by atoms with Crippen LogP contribution in [0.15, 0.2) is 30.5 Å². The first-order valence-corrected chi connectivity index (χ1v) is 15.5. The zero-order valence-corrected chi connectivity index (χ0v) is 25.0. The Labute approximate surface area is 258 Å². The van der Waals surface area contributed by atoms with Crippen LogP contribution < -0.4 is 15.4 Å². The molecule has 0 spiro atoms. The third kappa shape index (κ3) is 5.08. The van der Waals surface area contributed by atoms with Crippen molar-refractivity contribution in [3.63, 3.8) is 0 Å². The summed E-state index contributed by atoms with van der Waals surface area (Å²) < 4.78 is 52.3. The van der Waals surface area contributed by atoms with E-state index in [1.807, 2.05) is 4.90 Å². The Morgan fingerprint density at radius 3 is 2.82 bits per heavy atom. The second-order valence-electron chi connectivity index (χ2n) is 12.5. The van der Waals surface area contributed by atoms with Crippen molar-refractivity contribution in [3.8, 4) is 23.0 Å². The normalized spacial score (nSPS) is 23.6. The summed E-state index contributed by atoms with van der Waals surface area (Å²) in [5.74, 6) is -1.80. The fourth-order valence-electron chi connectivity index (χ4n) is 7.60. The van der Waals surface area contributed by atoms with Crippen LogP contribution in [0.1, 0.15) is 44.6 Å². The molecule has 5 heterocycles. The standard InChI is InChI=1S/C33H35F3N6O3/c1-2-22-25(35)7-6-18-11-21(43)12-23(26(18)22)28-27(36)29-24(14-38-28)31(41-9-3-5-19(15-41)30(37)44)40-32(39-29)45-17-33-8-4-10-42(33)16-20(34)13-33/h6-7,11-12,14,19-20,43H,2-5,8-10,13,15-17H2,1H3,(H2,37,44)/t19-,20+,33-/m0/s1. The van der Waals surface area contributed by atoms with Crippen molar-refractivity contribution in [1.29, 1.82) is 0 Å². The maximum atomic E-state index is 16.8. The minimum absolute atomic E-state index is 0.0669. The van der Waals surface area contributed by atoms with Crippen LogP contribution in [0.4, 0.5) is 19.0 Å². The van der Waals surface area contributed by atoms with Crippen LogP contribution in [-0.4, -0.2) is 75.4 Å². The van der Waals surface area contributed by atoms with E-state index in [1.54, 1.807) is 13.0 Å². The monoisotopic (exact) mass is 620 g/mol. The summed E-state index contributed by atoms with van der Waals surface area (Å²) in [5, 5.41) is 11.9. The van der Waals surface area contributed by atoms with E-state index in [1.165, 1.54) is 24.4 Å². The summed E-state index contributed by atoms with van der Waals surface area (Å²) in [6, 6.07) is 5.68. The molecular formula is C33H35F3N6O3. The van der Waals surface area contributed by atoms with Crippen LogP contribution in [0.5, 0.6) is 11.8 Å². The predicted octanol–water partition coefficient (Wildman–Crippen LogP) is 5.05. The molecule has 45 heavy (non-hydrogen) atoms. The molecule has 3 aliphatic rings. The molecule has 236 valence electrons. The van der Waals surface area contributed by atoms with Crippen LogP contribution in [-0.2, 0) is 11.2 Å². The van der Waals surface area contributed by atoms with Gasteiger partial charge in [0.2, 0.25) is 5.91 Å². The number of nitrogens with zero attached hydrogens (tertiary/aromatic N) is 5. The molecule has 3 N–H and O–H groups in total. The Balaban J connectivity index is 1.38. The summed E-state index contributed by atoms with van der Waals surface area (Å²) in [5.41, 5.74) is 5.62. The fourth-order valence-corrected chi connectivity index (χ4v) is 7.60. The van der Waals surface area contributed by atoms with Crippen molar-refractivity contribution < 1.29 is 27.8 Å². The highest BCUT2D eigenvalue weighted by molar-refractivity contribution is 6.01. The van der Waals surface area contributed by atoms with E-state index in [2.05, 4.69) is 19.9 Å². The number of aromatic hydroxyl groups is 1. The fraction of sp³-hybridized carbons (Fsp3) is 0.455. The average molecular weight is 621 g/mol. The van der Waals surface area contributed by atoms with Crippen LogP contribution in [0.3, 0.4) is 0 Å². The molecule has 0 saturated carbocycles. The van der Waals surface area contributed by atoms with E-state index in [9.17, 15) is 18.7 Å². The van der Waals surface area contributed by atoms with E-state index in [0.717, 1.165) is 19.4 Å². The Bertz CT molecular complexity index is 1820. The number of benzene rings is 2. The maximum absolute atomic E-state index is 16.8. The third-order valence-electron chi connectivity index (χ3n) is 9.76. The van der Waals surface area contributed by atoms with Gasteiger partial charge in [-0.3, -0.25) is 14.7 Å². The Morgan fingerprint density at radius 2 is 2.02 bits per heavy atom. The lowest BCUT2D eigenvalue weighted by atomic mass is 9.94. The van der Waals surface area contributed by atoms with Crippen molar-refractivity contribution >= 4 is 33.4 Å². The number of nitrogens with two attached hydrogens (primary N) is 1. The zero-order valence-electron chi connectivity index (χ0n) is 25.0. The first-order chi connectivity index (χ1) is 21.7. The molecule has 3 fully saturated rings. The second-order valence-corrected chi connectivity index (χ2v) is 12.5. The molecule has 9 nitrogen and oxygen atoms in total. The smallest absolute Gasteiger partial charge is 0.319 e. The van der Waals surface area contributed by atoms with E-state index < -0.39 is 35.2 Å². The van der Waals surface area contributed by atoms with E-state index in [4.69, 9.17) is 10.5 Å². The van der Waals surface area contributed by atoms with Crippen molar-refractivity contribution in [3.05, 3.63) is 47.7 Å². The molecule has 2 aromatic carbocycles. The number of carbonyl (C=O) groups is 1. The van der Waals surface area contributed by atoms with Crippen LogP contribution >= 0.6 is 0 Å². The van der Waals surface area contributed by atoms with E-state index >= 15 is 4.39 Å². The lowest BCUT2D eigenvalue weighted by molar-refractivity contribution is -0.122. The molecule has 12 heteroatoms. The van der Waals surface area contributed by atoms with Gasteiger partial charge in [0.1, 0.15) is 41.4 Å². The molecule has 3 saturated heterocycles. The lowest BCUT2D eigenvalue weighted by Crippen LogP contribution is -2.43. The Morgan fingerprint density at radius 1 is 1.18 bits per heavy atom. The number of halogens is 3. The summed E-state index contributed by atoms with van der Waals surface area (Å²) in [4.78, 5) is 29.8. The highest BCUT2D eigenvalue weighted by atomic mass is 19.1. The topological polar surface area (TPSA) is 118 Å². The predicted molar refractivity (Wildman–Crippen MR) is 164 cm³/mol. The van der Waals surface area contributed by atoms with Gasteiger partial charge in [-0.25, -0.2) is 13.2 Å². The van der Waals surface area contributed by atoms with Crippen molar-refractivity contribution in [2.75, 3.05) is 37.7 Å². The molecule has 3 aliphatic heterocycles. The van der Waals surface area contributed by atoms with Gasteiger partial charge in [-0.15, -0.1) is 0 Å². The lowest BCUT2D eigenvalue weighted by Gasteiger charge is -2.33. The molecule has 1 amide bonds. The highest BCUT2D eigenvalue weighted by Crippen LogP contribution is 2.42. The number of phenolic OH excluding ortho intramolecular Hbond substituents is 1. The summed E-state index contributed by atoms with van der Waals surface area (Å²) in [6.45, 7) is 3.95. The van der Waals surface area contributed by atoms with E-state index in [-0.39, 0.29) is 35.1 Å². The Hall–Kier alpha value is -4.19. The summed E-state index contributed by atoms with van der Waals surface area (Å²) in [7, 11) is 0. The number of alkyl halides is 1. The zero-order chi connectivity index (χ0) is 31.5. The Kier molecular flexibility index (Phi) is 7.42. The van der Waals surface area contributed by atoms with Crippen molar-refractivity contribution in [1.82, 2.24) is 19.9 Å². The second kappa shape index (κ2) is 11.3. The number of pyridine rings is 1. The first kappa shape index (κ1) is 29.5. The minimum atomic E-state index is -0.942. The number of carbonyl (C=O) groups excluding carboxylic acids is 1. The maximum Gasteiger partial charge on any atom is 0.319 e. The first-order valence-electron chi connectivity index (χ1n) is 15.5. The third-order valence-corrected chi connectivity index (χ3v) is 9.76. The van der Waals surface area contributed by atoms with Crippen LogP contribution in [0, 0.1) is 17.6 Å². The molecule has 0 bridgehead atoms. The molecule has 0 aliphatic carbocycles. The molecule has 3 atom stereocenters. The van der Waals surface area contributed by atoms with Gasteiger partial charge in [-0.2, -0.15) is 9.97 Å². The van der Waals surface area contributed by atoms with Crippen molar-refractivity contribution in [2.24, 2.45) is 11.7 Å². The number of hydrogen-bond donors (Lipinski definition) is 2. The van der Waals surface area contributed by atoms with Gasteiger partial charge in [0.05, 0.1) is 16.8 Å². The quantitative estimate of drug-likeness (QED) is 0.295. The van der Waals surface area contributed by atoms with Gasteiger partial charge < -0.3 is 20.5 Å². The van der Waals surface area contributed by atoms with Crippen LogP contribution in [0.25, 0.3) is 32.9 Å². The number of primary amides is 1. The summed E-state index contributed by atoms with van der Waals surface area (Å²) >= 11 is 0. The number of hydrogen-bond acceptors (Lipinski definition) is 8. The SMILES string of the molecule is CCc1c(F)ccc2cc(O)cc(-c3ncc4c(N5CCC[C@H](C(N)=O)C5)nc(OC[C@@]56CCCN5C[C@H](F)C6)nc4c3F)c12. The number of fused-ring (bicyclic) bond motifs is 3. The largest absolute Gasteiger partial charge is 0.508 e. The van der Waals surface area contributed by atoms with Gasteiger partial charge >= 0.3 is 6.01 Å². The van der Waals surface area contributed by atoms with E-state index in [0.29, 0.717) is 72.9 Å². The number of anilines is 1. The number of phenols is 1. The number of piperidine rings is 1. The number of rotatable bonds is 7. The van der Waals surface area contributed by atoms with Gasteiger partial charge in [0, 0.05) is 37.8 Å². The van der Waals surface area contributed by atoms with Gasteiger partial charge in [-0.05, 0) is 73.2 Å². The van der Waals surface area contributed by atoms with Crippen molar-refractivity contribution in [2.45, 2.75) is 57.2 Å². The molecule has 0 unspecified atom stereocenters. The summed E-state index contributed by atoms with van der Waals surface area (Å²) in [6.07, 6.45) is 4.25.